The van der Waals surface area contributed by atoms with Crippen LogP contribution in [-0.4, -0.2) is 32.7 Å². The Bertz CT molecular complexity index is 677. The minimum atomic E-state index is -4.40. The lowest BCUT2D eigenvalue weighted by molar-refractivity contribution is -0.141. The van der Waals surface area contributed by atoms with Crippen LogP contribution in [0, 0.1) is 6.92 Å². The molecule has 1 fully saturated rings. The molecule has 2 aromatic heterocycles. The van der Waals surface area contributed by atoms with Gasteiger partial charge in [-0.2, -0.15) is 13.2 Å². The average molecular weight is 328 g/mol. The summed E-state index contributed by atoms with van der Waals surface area (Å²) in [5.41, 5.74) is 0.198. The van der Waals surface area contributed by atoms with Gasteiger partial charge in [0.1, 0.15) is 11.6 Å². The van der Waals surface area contributed by atoms with Crippen molar-refractivity contribution < 1.29 is 17.7 Å². The number of aromatic nitrogens is 3. The van der Waals surface area contributed by atoms with E-state index >= 15 is 0 Å². The van der Waals surface area contributed by atoms with E-state index in [0.29, 0.717) is 18.9 Å². The second-order valence-corrected chi connectivity index (χ2v) is 6.07. The minimum Gasteiger partial charge on any atom is -0.361 e. The van der Waals surface area contributed by atoms with Gasteiger partial charge in [-0.15, -0.1) is 0 Å². The summed E-state index contributed by atoms with van der Waals surface area (Å²) >= 11 is 0. The molecule has 0 saturated carbocycles. The third kappa shape index (κ3) is 3.41. The third-order valence-electron chi connectivity index (χ3n) is 4.32. The first-order valence-corrected chi connectivity index (χ1v) is 7.57. The van der Waals surface area contributed by atoms with Crippen LogP contribution in [0.2, 0.25) is 0 Å². The molecule has 0 bridgehead atoms. The zero-order valence-electron chi connectivity index (χ0n) is 13.1. The first kappa shape index (κ1) is 16.0. The van der Waals surface area contributed by atoms with E-state index in [2.05, 4.69) is 15.0 Å². The van der Waals surface area contributed by atoms with E-state index in [4.69, 9.17) is 4.52 Å². The lowest BCUT2D eigenvalue weighted by atomic mass is 9.96. The fourth-order valence-electron chi connectivity index (χ4n) is 3.12. The lowest BCUT2D eigenvalue weighted by Crippen LogP contribution is -2.34. The molecule has 3 rings (SSSR count). The number of imidazole rings is 1. The lowest BCUT2D eigenvalue weighted by Gasteiger charge is -2.32. The van der Waals surface area contributed by atoms with Gasteiger partial charge in [-0.25, -0.2) is 4.98 Å². The summed E-state index contributed by atoms with van der Waals surface area (Å²) in [6.07, 6.45) is 0.147. The van der Waals surface area contributed by atoms with E-state index < -0.39 is 11.9 Å². The largest absolute Gasteiger partial charge is 0.434 e. The normalized spacial score (nSPS) is 20.1. The molecule has 5 nitrogen and oxygen atoms in total. The fraction of sp³-hybridized carbons (Fsp3) is 0.600. The first-order valence-electron chi connectivity index (χ1n) is 7.57. The molecule has 1 atom stereocenters. The minimum absolute atomic E-state index is 0.00464. The summed E-state index contributed by atoms with van der Waals surface area (Å²) in [5, 5.41) is 3.77. The number of hydrogen-bond donors (Lipinski definition) is 0. The van der Waals surface area contributed by atoms with Crippen LogP contribution in [0.1, 0.15) is 41.6 Å². The van der Waals surface area contributed by atoms with Crippen molar-refractivity contribution in [3.63, 3.8) is 0 Å². The number of alkyl halides is 3. The molecule has 3 heterocycles. The molecule has 1 saturated heterocycles. The maximum Gasteiger partial charge on any atom is 0.434 e. The molecule has 2 aromatic rings. The van der Waals surface area contributed by atoms with E-state index in [0.717, 1.165) is 36.9 Å². The molecule has 1 aliphatic rings. The number of nitrogens with zero attached hydrogens (tertiary/aromatic N) is 4. The Morgan fingerprint density at radius 1 is 1.39 bits per heavy atom. The number of hydrogen-bond acceptors (Lipinski definition) is 4. The van der Waals surface area contributed by atoms with Gasteiger partial charge >= 0.3 is 6.18 Å². The van der Waals surface area contributed by atoms with Crippen molar-refractivity contribution in [2.24, 2.45) is 7.05 Å². The van der Waals surface area contributed by atoms with Crippen LogP contribution in [0.15, 0.2) is 16.9 Å². The Morgan fingerprint density at radius 3 is 2.78 bits per heavy atom. The Labute approximate surface area is 132 Å². The molecule has 23 heavy (non-hydrogen) atoms. The van der Waals surface area contributed by atoms with Crippen molar-refractivity contribution in [2.45, 2.75) is 38.4 Å². The van der Waals surface area contributed by atoms with Gasteiger partial charge in [-0.1, -0.05) is 5.16 Å². The molecule has 0 radical (unpaired) electrons. The van der Waals surface area contributed by atoms with Crippen molar-refractivity contribution in [1.29, 1.82) is 0 Å². The highest BCUT2D eigenvalue weighted by Crippen LogP contribution is 2.32. The second-order valence-electron chi connectivity index (χ2n) is 6.07. The van der Waals surface area contributed by atoms with Crippen molar-refractivity contribution in [1.82, 2.24) is 19.6 Å². The molecule has 0 unspecified atom stereocenters. The standard InChI is InChI=1S/C15H19F3N4O/c1-10-12(6-19-23-10)8-22-5-3-4-11(7-22)14-20-13(9-21(14)2)15(16,17)18/h6,9,11H,3-5,7-8H2,1-2H3/t11-/m0/s1. The van der Waals surface area contributed by atoms with Gasteiger partial charge < -0.3 is 9.09 Å². The van der Waals surface area contributed by atoms with E-state index in [1.807, 2.05) is 6.92 Å². The number of piperidine rings is 1. The predicted molar refractivity (Wildman–Crippen MR) is 76.7 cm³/mol. The van der Waals surface area contributed by atoms with Gasteiger partial charge in [-0.05, 0) is 26.3 Å². The topological polar surface area (TPSA) is 47.1 Å². The van der Waals surface area contributed by atoms with Crippen LogP contribution in [0.3, 0.4) is 0 Å². The van der Waals surface area contributed by atoms with Crippen molar-refractivity contribution in [3.05, 3.63) is 35.2 Å². The smallest absolute Gasteiger partial charge is 0.361 e. The predicted octanol–water partition coefficient (Wildman–Crippen LogP) is 3.11. The van der Waals surface area contributed by atoms with Crippen LogP contribution in [0.4, 0.5) is 13.2 Å². The van der Waals surface area contributed by atoms with Gasteiger partial charge in [0.05, 0.1) is 6.20 Å². The monoisotopic (exact) mass is 328 g/mol. The van der Waals surface area contributed by atoms with Crippen LogP contribution < -0.4 is 0 Å². The molecule has 0 aromatic carbocycles. The fourth-order valence-corrected chi connectivity index (χ4v) is 3.12. The molecule has 0 N–H and O–H groups in total. The maximum atomic E-state index is 12.8. The first-order chi connectivity index (χ1) is 10.8. The Balaban J connectivity index is 1.74. The molecule has 126 valence electrons. The summed E-state index contributed by atoms with van der Waals surface area (Å²) in [7, 11) is 1.63. The van der Waals surface area contributed by atoms with Gasteiger partial charge in [0.25, 0.3) is 0 Å². The number of rotatable bonds is 3. The molecular weight excluding hydrogens is 309 g/mol. The van der Waals surface area contributed by atoms with Crippen molar-refractivity contribution in [2.75, 3.05) is 13.1 Å². The van der Waals surface area contributed by atoms with Crippen LogP contribution in [0.25, 0.3) is 0 Å². The van der Waals surface area contributed by atoms with Crippen LogP contribution in [-0.2, 0) is 19.8 Å². The second kappa shape index (κ2) is 5.99. The number of likely N-dealkylation sites (tertiary alicyclic amines) is 1. The highest BCUT2D eigenvalue weighted by molar-refractivity contribution is 5.14. The van der Waals surface area contributed by atoms with Crippen LogP contribution >= 0.6 is 0 Å². The number of halogens is 3. The van der Waals surface area contributed by atoms with E-state index in [-0.39, 0.29) is 5.92 Å². The van der Waals surface area contributed by atoms with E-state index in [1.165, 1.54) is 4.57 Å². The summed E-state index contributed by atoms with van der Waals surface area (Å²) in [5.74, 6) is 1.29. The Morgan fingerprint density at radius 2 is 2.17 bits per heavy atom. The summed E-state index contributed by atoms with van der Waals surface area (Å²) in [4.78, 5) is 6.05. The summed E-state index contributed by atoms with van der Waals surface area (Å²) < 4.78 is 45.0. The molecule has 8 heteroatoms. The SMILES string of the molecule is Cc1oncc1CN1CCC[C@H](c2nc(C(F)(F)F)cn2C)C1. The zero-order valence-corrected chi connectivity index (χ0v) is 13.1. The molecule has 0 spiro atoms. The average Bonchev–Trinajstić information content (AvgIpc) is 3.06. The molecule has 0 aliphatic carbocycles. The van der Waals surface area contributed by atoms with E-state index in [1.54, 1.807) is 13.2 Å². The zero-order chi connectivity index (χ0) is 16.6. The quantitative estimate of drug-likeness (QED) is 0.868. The highest BCUT2D eigenvalue weighted by Gasteiger charge is 2.36. The number of aryl methyl sites for hydroxylation is 2. The van der Waals surface area contributed by atoms with Gasteiger partial charge in [0.2, 0.25) is 0 Å². The highest BCUT2D eigenvalue weighted by atomic mass is 19.4. The van der Waals surface area contributed by atoms with E-state index in [9.17, 15) is 13.2 Å². The summed E-state index contributed by atoms with van der Waals surface area (Å²) in [6, 6.07) is 0. The van der Waals surface area contributed by atoms with Gasteiger partial charge in [0.15, 0.2) is 5.69 Å². The Kier molecular flexibility index (Phi) is 4.18. The maximum absolute atomic E-state index is 12.8. The Hall–Kier alpha value is -1.83. The third-order valence-corrected chi connectivity index (χ3v) is 4.32. The molecular formula is C15H19F3N4O. The van der Waals surface area contributed by atoms with Crippen molar-refractivity contribution in [3.8, 4) is 0 Å². The molecule has 0 amide bonds. The molecule has 1 aliphatic heterocycles. The van der Waals surface area contributed by atoms with Crippen molar-refractivity contribution >= 4 is 0 Å². The van der Waals surface area contributed by atoms with Crippen LogP contribution in [0.5, 0.6) is 0 Å². The van der Waals surface area contributed by atoms with Gasteiger partial charge in [0, 0.05) is 37.8 Å². The van der Waals surface area contributed by atoms with Gasteiger partial charge in [-0.3, -0.25) is 4.90 Å². The summed E-state index contributed by atoms with van der Waals surface area (Å²) in [6.45, 7) is 4.16.